The van der Waals surface area contributed by atoms with Crippen LogP contribution in [0.4, 0.5) is 9.18 Å². The number of nitrogens with zero attached hydrogens (tertiary/aromatic N) is 1. The number of hydrogen-bond acceptors (Lipinski definition) is 4. The van der Waals surface area contributed by atoms with E-state index < -0.39 is 17.5 Å². The molecule has 1 amide bonds. The Bertz CT molecular complexity index is 585. The summed E-state index contributed by atoms with van der Waals surface area (Å²) in [7, 11) is 0. The molecule has 1 N–H and O–H groups in total. The molecule has 0 aliphatic rings. The predicted octanol–water partition coefficient (Wildman–Crippen LogP) is 4.08. The average molecular weight is 345 g/mol. The van der Waals surface area contributed by atoms with Gasteiger partial charge in [0.1, 0.15) is 23.3 Å². The minimum absolute atomic E-state index is 0.239. The summed E-state index contributed by atoms with van der Waals surface area (Å²) in [6.07, 6.45) is -0.874. The van der Waals surface area contributed by atoms with Crippen molar-refractivity contribution in [2.45, 2.75) is 46.3 Å². The highest BCUT2D eigenvalue weighted by Crippen LogP contribution is 2.22. The fraction of sp³-hybridized carbons (Fsp3) is 0.500. The Balaban J connectivity index is 2.68. The monoisotopic (exact) mass is 344 g/mol. The van der Waals surface area contributed by atoms with Gasteiger partial charge in [0.2, 0.25) is 0 Å². The summed E-state index contributed by atoms with van der Waals surface area (Å²) >= 11 is 5.45. The van der Waals surface area contributed by atoms with Gasteiger partial charge < -0.3 is 14.8 Å². The van der Waals surface area contributed by atoms with Crippen molar-refractivity contribution in [1.29, 1.82) is 0 Å². The van der Waals surface area contributed by atoms with Gasteiger partial charge in [-0.2, -0.15) is 4.51 Å². The molecule has 23 heavy (non-hydrogen) atoms. The van der Waals surface area contributed by atoms with E-state index in [1.807, 2.05) is 0 Å². The lowest BCUT2D eigenvalue weighted by Gasteiger charge is -2.21. The minimum Gasteiger partial charge on any atom is -0.488 e. The Morgan fingerprint density at radius 1 is 1.43 bits per heavy atom. The van der Waals surface area contributed by atoms with Gasteiger partial charge in [-0.25, -0.2) is 9.18 Å². The van der Waals surface area contributed by atoms with Crippen LogP contribution >= 0.6 is 11.8 Å². The first-order valence-corrected chi connectivity index (χ1v) is 7.55. The Morgan fingerprint density at radius 3 is 2.65 bits per heavy atom. The first kappa shape index (κ1) is 19.2. The highest BCUT2D eigenvalue weighted by molar-refractivity contribution is 6.22. The fourth-order valence-electron chi connectivity index (χ4n) is 1.73. The Labute approximate surface area is 140 Å². The Hall–Kier alpha value is -1.82. The predicted molar refractivity (Wildman–Crippen MR) is 88.8 cm³/mol. The number of carbonyl (C=O) groups is 1. The van der Waals surface area contributed by atoms with E-state index in [0.29, 0.717) is 17.0 Å². The maximum absolute atomic E-state index is 13.4. The topological polar surface area (TPSA) is 59.9 Å². The third-order valence-corrected chi connectivity index (χ3v) is 2.97. The first-order valence-electron chi connectivity index (χ1n) is 7.21. The second-order valence-corrected chi connectivity index (χ2v) is 6.29. The van der Waals surface area contributed by atoms with Crippen molar-refractivity contribution in [1.82, 2.24) is 5.32 Å². The molecular weight excluding hydrogens is 323 g/mol. The summed E-state index contributed by atoms with van der Waals surface area (Å²) in [5, 5.41) is 2.62. The fourth-order valence-corrected chi connectivity index (χ4v) is 1.82. The SMILES string of the molecule is C/C(=N/Cl)c1cc(F)ccc1O[C@@H](C)CNC(=O)OC(C)(C)C. The van der Waals surface area contributed by atoms with E-state index in [0.717, 1.165) is 0 Å². The second-order valence-electron chi connectivity index (χ2n) is 6.12. The average Bonchev–Trinajstić information content (AvgIpc) is 2.44. The standard InChI is InChI=1S/C16H22ClFN2O3/c1-10(9-19-15(21)23-16(3,4)5)22-14-7-6-12(18)8-13(14)11(2)20-17/h6-8,10H,9H2,1-5H3,(H,19,21)/b20-11-/t10-/m0/s1. The number of ether oxygens (including phenoxy) is 2. The van der Waals surface area contributed by atoms with Crippen molar-refractivity contribution >= 4 is 23.6 Å². The molecular formula is C16H22ClFN2O3. The van der Waals surface area contributed by atoms with Crippen LogP contribution in [-0.4, -0.2) is 30.1 Å². The molecule has 0 radical (unpaired) electrons. The first-order chi connectivity index (χ1) is 10.6. The van der Waals surface area contributed by atoms with E-state index in [9.17, 15) is 9.18 Å². The molecule has 1 aromatic rings. The lowest BCUT2D eigenvalue weighted by atomic mass is 10.1. The second kappa shape index (κ2) is 8.15. The van der Waals surface area contributed by atoms with Crippen LogP contribution in [0.1, 0.15) is 40.2 Å². The number of halogens is 2. The van der Waals surface area contributed by atoms with Crippen molar-refractivity contribution in [3.63, 3.8) is 0 Å². The van der Waals surface area contributed by atoms with E-state index in [2.05, 4.69) is 9.83 Å². The maximum atomic E-state index is 13.4. The van der Waals surface area contributed by atoms with Gasteiger partial charge in [0.05, 0.1) is 12.3 Å². The molecule has 7 heteroatoms. The van der Waals surface area contributed by atoms with Crippen LogP contribution < -0.4 is 10.1 Å². The van der Waals surface area contributed by atoms with Crippen LogP contribution in [-0.2, 0) is 4.74 Å². The smallest absolute Gasteiger partial charge is 0.407 e. The van der Waals surface area contributed by atoms with Gasteiger partial charge in [-0.05, 0) is 52.8 Å². The molecule has 0 aromatic heterocycles. The molecule has 1 rings (SSSR count). The highest BCUT2D eigenvalue weighted by Gasteiger charge is 2.17. The van der Waals surface area contributed by atoms with Gasteiger partial charge in [0, 0.05) is 17.3 Å². The molecule has 0 heterocycles. The van der Waals surface area contributed by atoms with E-state index in [-0.39, 0.29) is 12.6 Å². The molecule has 0 bridgehead atoms. The molecule has 5 nitrogen and oxygen atoms in total. The van der Waals surface area contributed by atoms with Crippen LogP contribution in [0.2, 0.25) is 0 Å². The summed E-state index contributed by atoms with van der Waals surface area (Å²) in [6, 6.07) is 4.08. The van der Waals surface area contributed by atoms with Crippen LogP contribution in [0.3, 0.4) is 0 Å². The molecule has 1 aromatic carbocycles. The van der Waals surface area contributed by atoms with Gasteiger partial charge in [-0.15, -0.1) is 0 Å². The van der Waals surface area contributed by atoms with E-state index in [1.165, 1.54) is 18.2 Å². The zero-order valence-corrected chi connectivity index (χ0v) is 14.7. The number of carbonyl (C=O) groups excluding carboxylic acids is 1. The van der Waals surface area contributed by atoms with Gasteiger partial charge in [0.25, 0.3) is 0 Å². The van der Waals surface area contributed by atoms with E-state index >= 15 is 0 Å². The lowest BCUT2D eigenvalue weighted by Crippen LogP contribution is -2.37. The summed E-state index contributed by atoms with van der Waals surface area (Å²) in [5.41, 5.74) is 0.337. The summed E-state index contributed by atoms with van der Waals surface area (Å²) in [4.78, 5) is 11.6. The van der Waals surface area contributed by atoms with Crippen molar-refractivity contribution in [3.05, 3.63) is 29.6 Å². The van der Waals surface area contributed by atoms with Crippen molar-refractivity contribution in [2.75, 3.05) is 6.54 Å². The number of nitrogens with one attached hydrogen (secondary N) is 1. The Kier molecular flexibility index (Phi) is 6.81. The quantitative estimate of drug-likeness (QED) is 0.819. The molecule has 0 aliphatic carbocycles. The summed E-state index contributed by atoms with van der Waals surface area (Å²) < 4.78 is 27.8. The summed E-state index contributed by atoms with van der Waals surface area (Å²) in [6.45, 7) is 9.02. The molecule has 0 aliphatic heterocycles. The zero-order valence-electron chi connectivity index (χ0n) is 13.9. The van der Waals surface area contributed by atoms with Gasteiger partial charge >= 0.3 is 6.09 Å². The molecule has 0 saturated heterocycles. The highest BCUT2D eigenvalue weighted by atomic mass is 35.5. The third-order valence-electron chi connectivity index (χ3n) is 2.72. The van der Waals surface area contributed by atoms with Crippen molar-refractivity contribution in [3.8, 4) is 5.75 Å². The van der Waals surface area contributed by atoms with Gasteiger partial charge in [0.15, 0.2) is 0 Å². The molecule has 128 valence electrons. The number of rotatable bonds is 5. The minimum atomic E-state index is -0.563. The molecule has 0 spiro atoms. The Morgan fingerprint density at radius 2 is 2.09 bits per heavy atom. The van der Waals surface area contributed by atoms with Crippen LogP contribution in [0.5, 0.6) is 5.75 Å². The van der Waals surface area contributed by atoms with Crippen molar-refractivity contribution in [2.24, 2.45) is 4.51 Å². The maximum Gasteiger partial charge on any atom is 0.407 e. The zero-order chi connectivity index (χ0) is 17.6. The van der Waals surface area contributed by atoms with E-state index in [1.54, 1.807) is 34.6 Å². The molecule has 0 unspecified atom stereocenters. The largest absolute Gasteiger partial charge is 0.488 e. The third kappa shape index (κ3) is 6.86. The molecule has 0 saturated carbocycles. The van der Waals surface area contributed by atoms with Crippen LogP contribution in [0.15, 0.2) is 22.7 Å². The van der Waals surface area contributed by atoms with Gasteiger partial charge in [-0.1, -0.05) is 0 Å². The van der Waals surface area contributed by atoms with Crippen LogP contribution in [0, 0.1) is 5.82 Å². The number of amides is 1. The normalized spacial score (nSPS) is 13.4. The van der Waals surface area contributed by atoms with E-state index in [4.69, 9.17) is 21.3 Å². The molecule has 1 atom stereocenters. The van der Waals surface area contributed by atoms with Crippen LogP contribution in [0.25, 0.3) is 0 Å². The van der Waals surface area contributed by atoms with Crippen molar-refractivity contribution < 1.29 is 18.7 Å². The lowest BCUT2D eigenvalue weighted by molar-refractivity contribution is 0.0505. The number of alkyl carbamates (subject to hydrolysis) is 1. The molecule has 0 fully saturated rings. The number of hydrogen-bond donors (Lipinski definition) is 1. The summed E-state index contributed by atoms with van der Waals surface area (Å²) in [5.74, 6) is 0.0262. The van der Waals surface area contributed by atoms with Gasteiger partial charge in [-0.3, -0.25) is 0 Å². The number of benzene rings is 1.